The Balaban J connectivity index is 2.03. The molecule has 1 saturated heterocycles. The van der Waals surface area contributed by atoms with E-state index >= 15 is 0 Å². The largest absolute Gasteiger partial charge is 0.490 e. The van der Waals surface area contributed by atoms with Crippen LogP contribution in [0.25, 0.3) is 0 Å². The maximum absolute atomic E-state index is 10.7. The summed E-state index contributed by atoms with van der Waals surface area (Å²) in [6.45, 7) is 3.13. The number of hydrogen-bond acceptors (Lipinski definition) is 3. The zero-order valence-electron chi connectivity index (χ0n) is 9.10. The number of carboxylic acid groups (broad SMARTS) is 1. The molecule has 16 heavy (non-hydrogen) atoms. The van der Waals surface area contributed by atoms with Crippen LogP contribution in [0.15, 0.2) is 24.3 Å². The van der Waals surface area contributed by atoms with Crippen molar-refractivity contribution in [1.29, 1.82) is 0 Å². The van der Waals surface area contributed by atoms with E-state index in [0.29, 0.717) is 24.5 Å². The molecule has 1 aromatic carbocycles. The van der Waals surface area contributed by atoms with Gasteiger partial charge in [0.1, 0.15) is 18.0 Å². The molecule has 1 aliphatic rings. The van der Waals surface area contributed by atoms with E-state index in [1.807, 2.05) is 13.0 Å². The van der Waals surface area contributed by atoms with Crippen molar-refractivity contribution in [2.75, 3.05) is 13.2 Å². The molecule has 1 fully saturated rings. The molecule has 0 saturated carbocycles. The Bertz CT molecular complexity index is 396. The van der Waals surface area contributed by atoms with Crippen LogP contribution in [-0.2, 0) is 16.0 Å². The van der Waals surface area contributed by atoms with Gasteiger partial charge in [0, 0.05) is 5.56 Å². The van der Waals surface area contributed by atoms with Crippen molar-refractivity contribution in [3.05, 3.63) is 29.8 Å². The molecule has 2 rings (SSSR count). The number of benzene rings is 1. The first-order valence-corrected chi connectivity index (χ1v) is 5.15. The first kappa shape index (κ1) is 11.0. The summed E-state index contributed by atoms with van der Waals surface area (Å²) in [7, 11) is 0. The monoisotopic (exact) mass is 222 g/mol. The summed E-state index contributed by atoms with van der Waals surface area (Å²) in [4.78, 5) is 10.7. The first-order chi connectivity index (χ1) is 7.59. The van der Waals surface area contributed by atoms with Gasteiger partial charge in [0.15, 0.2) is 0 Å². The summed E-state index contributed by atoms with van der Waals surface area (Å²) in [5.74, 6) is -0.230. The second-order valence-electron chi connectivity index (χ2n) is 4.21. The summed E-state index contributed by atoms with van der Waals surface area (Å²) >= 11 is 0. The second-order valence-corrected chi connectivity index (χ2v) is 4.21. The Morgan fingerprint density at radius 3 is 2.88 bits per heavy atom. The average molecular weight is 222 g/mol. The molecular weight excluding hydrogens is 208 g/mol. The number of ether oxygens (including phenoxy) is 2. The van der Waals surface area contributed by atoms with Gasteiger partial charge in [-0.15, -0.1) is 0 Å². The zero-order chi connectivity index (χ0) is 11.6. The molecule has 0 radical (unpaired) electrons. The lowest BCUT2D eigenvalue weighted by Crippen LogP contribution is -2.17. The van der Waals surface area contributed by atoms with Crippen molar-refractivity contribution in [3.8, 4) is 5.75 Å². The highest BCUT2D eigenvalue weighted by Crippen LogP contribution is 2.28. The molecule has 0 bridgehead atoms. The summed E-state index contributed by atoms with van der Waals surface area (Å²) < 4.78 is 10.8. The van der Waals surface area contributed by atoms with E-state index in [2.05, 4.69) is 0 Å². The molecule has 4 nitrogen and oxygen atoms in total. The van der Waals surface area contributed by atoms with Crippen LogP contribution in [0.3, 0.4) is 0 Å². The van der Waals surface area contributed by atoms with Crippen LogP contribution in [-0.4, -0.2) is 29.9 Å². The lowest BCUT2D eigenvalue weighted by atomic mass is 10.1. The van der Waals surface area contributed by atoms with Crippen LogP contribution in [0.1, 0.15) is 12.5 Å². The Kier molecular flexibility index (Phi) is 2.83. The third-order valence-electron chi connectivity index (χ3n) is 2.48. The van der Waals surface area contributed by atoms with E-state index in [0.717, 1.165) is 0 Å². The normalized spacial score (nSPS) is 22.8. The van der Waals surface area contributed by atoms with Crippen molar-refractivity contribution in [1.82, 2.24) is 0 Å². The standard InChI is InChI=1S/C12H14O4/c1-12(8-16-12)7-15-10-5-3-2-4-9(10)6-11(13)14/h2-5H,6-8H2,1H3,(H,13,14)/t12-/m1/s1. The van der Waals surface area contributed by atoms with E-state index in [4.69, 9.17) is 14.6 Å². The highest BCUT2D eigenvalue weighted by Gasteiger charge is 2.40. The highest BCUT2D eigenvalue weighted by atomic mass is 16.6. The van der Waals surface area contributed by atoms with Gasteiger partial charge in [0.25, 0.3) is 0 Å². The van der Waals surface area contributed by atoms with E-state index in [1.165, 1.54) is 0 Å². The maximum atomic E-state index is 10.7. The smallest absolute Gasteiger partial charge is 0.307 e. The third kappa shape index (κ3) is 2.73. The lowest BCUT2D eigenvalue weighted by Gasteiger charge is -2.11. The minimum absolute atomic E-state index is 0.0201. The van der Waals surface area contributed by atoms with E-state index in [-0.39, 0.29) is 12.0 Å². The van der Waals surface area contributed by atoms with E-state index in [9.17, 15) is 4.79 Å². The van der Waals surface area contributed by atoms with Gasteiger partial charge in [-0.1, -0.05) is 18.2 Å². The number of para-hydroxylation sites is 1. The zero-order valence-corrected chi connectivity index (χ0v) is 9.10. The molecule has 0 amide bonds. The van der Waals surface area contributed by atoms with Gasteiger partial charge >= 0.3 is 5.97 Å². The van der Waals surface area contributed by atoms with Crippen molar-refractivity contribution >= 4 is 5.97 Å². The van der Waals surface area contributed by atoms with Crippen molar-refractivity contribution < 1.29 is 19.4 Å². The number of epoxide rings is 1. The Hall–Kier alpha value is -1.55. The lowest BCUT2D eigenvalue weighted by molar-refractivity contribution is -0.136. The fourth-order valence-electron chi connectivity index (χ4n) is 1.39. The van der Waals surface area contributed by atoms with E-state index < -0.39 is 5.97 Å². The minimum Gasteiger partial charge on any atom is -0.490 e. The quantitative estimate of drug-likeness (QED) is 0.766. The Morgan fingerprint density at radius 2 is 2.25 bits per heavy atom. The van der Waals surface area contributed by atoms with Crippen LogP contribution in [0.5, 0.6) is 5.75 Å². The minimum atomic E-state index is -0.857. The molecular formula is C12H14O4. The van der Waals surface area contributed by atoms with Crippen molar-refractivity contribution in [2.45, 2.75) is 18.9 Å². The summed E-state index contributed by atoms with van der Waals surface area (Å²) in [6, 6.07) is 7.18. The number of carbonyl (C=O) groups is 1. The molecule has 1 N–H and O–H groups in total. The third-order valence-corrected chi connectivity index (χ3v) is 2.48. The highest BCUT2D eigenvalue weighted by molar-refractivity contribution is 5.71. The number of carboxylic acids is 1. The fourth-order valence-corrected chi connectivity index (χ4v) is 1.39. The van der Waals surface area contributed by atoms with Crippen LogP contribution in [0, 0.1) is 0 Å². The van der Waals surface area contributed by atoms with Gasteiger partial charge in [-0.2, -0.15) is 0 Å². The van der Waals surface area contributed by atoms with Gasteiger partial charge in [0.05, 0.1) is 13.0 Å². The maximum Gasteiger partial charge on any atom is 0.307 e. The Morgan fingerprint density at radius 1 is 1.56 bits per heavy atom. The van der Waals surface area contributed by atoms with Crippen LogP contribution in [0.4, 0.5) is 0 Å². The topological polar surface area (TPSA) is 59.1 Å². The number of aliphatic carboxylic acids is 1. The van der Waals surface area contributed by atoms with Gasteiger partial charge in [-0.25, -0.2) is 0 Å². The molecule has 1 aliphatic heterocycles. The fraction of sp³-hybridized carbons (Fsp3) is 0.417. The number of rotatable bonds is 5. The predicted octanol–water partition coefficient (Wildman–Crippen LogP) is 1.48. The SMILES string of the molecule is C[C@@]1(COc2ccccc2CC(=O)O)CO1. The van der Waals surface area contributed by atoms with Crippen LogP contribution < -0.4 is 4.74 Å². The van der Waals surface area contributed by atoms with Crippen LogP contribution >= 0.6 is 0 Å². The summed E-state index contributed by atoms with van der Waals surface area (Å²) in [5.41, 5.74) is 0.510. The summed E-state index contributed by atoms with van der Waals surface area (Å²) in [6.07, 6.45) is -0.0201. The van der Waals surface area contributed by atoms with Gasteiger partial charge < -0.3 is 14.6 Å². The van der Waals surface area contributed by atoms with Gasteiger partial charge in [-0.3, -0.25) is 4.79 Å². The summed E-state index contributed by atoms with van der Waals surface area (Å²) in [5, 5.41) is 8.75. The predicted molar refractivity (Wildman–Crippen MR) is 57.6 cm³/mol. The van der Waals surface area contributed by atoms with Crippen molar-refractivity contribution in [3.63, 3.8) is 0 Å². The van der Waals surface area contributed by atoms with Crippen LogP contribution in [0.2, 0.25) is 0 Å². The van der Waals surface area contributed by atoms with E-state index in [1.54, 1.807) is 18.2 Å². The molecule has 0 spiro atoms. The Labute approximate surface area is 93.8 Å². The molecule has 1 aromatic rings. The average Bonchev–Trinajstić information content (AvgIpc) is 2.95. The molecule has 86 valence electrons. The first-order valence-electron chi connectivity index (χ1n) is 5.15. The molecule has 0 aliphatic carbocycles. The van der Waals surface area contributed by atoms with Crippen molar-refractivity contribution in [2.24, 2.45) is 0 Å². The van der Waals surface area contributed by atoms with Gasteiger partial charge in [0.2, 0.25) is 0 Å². The molecule has 1 heterocycles. The number of hydrogen-bond donors (Lipinski definition) is 1. The van der Waals surface area contributed by atoms with Gasteiger partial charge in [-0.05, 0) is 13.0 Å². The molecule has 4 heteroatoms. The molecule has 0 unspecified atom stereocenters. The molecule has 0 aromatic heterocycles. The second kappa shape index (κ2) is 4.14. The molecule has 1 atom stereocenters.